The fraction of sp³-hybridized carbons (Fsp3) is 0.217. The Kier molecular flexibility index (Phi) is 4.46. The molecule has 1 N–H and O–H groups in total. The van der Waals surface area contributed by atoms with Crippen LogP contribution in [-0.4, -0.2) is 29.5 Å². The molecule has 0 saturated heterocycles. The number of aromatic amines is 1. The van der Waals surface area contributed by atoms with Crippen LogP contribution >= 0.6 is 11.6 Å². The molecule has 3 heterocycles. The van der Waals surface area contributed by atoms with E-state index in [-0.39, 0.29) is 5.82 Å². The maximum atomic E-state index is 13.6. The summed E-state index contributed by atoms with van der Waals surface area (Å²) in [7, 11) is 0. The van der Waals surface area contributed by atoms with E-state index in [2.05, 4.69) is 16.0 Å². The molecule has 0 fully saturated rings. The highest BCUT2D eigenvalue weighted by Gasteiger charge is 2.16. The average molecular weight is 395 g/mol. The van der Waals surface area contributed by atoms with Crippen LogP contribution in [-0.2, 0) is 6.42 Å². The topological polar surface area (TPSA) is 32.2 Å². The van der Waals surface area contributed by atoms with Crippen molar-refractivity contribution in [2.24, 2.45) is 0 Å². The number of furan rings is 1. The summed E-state index contributed by atoms with van der Waals surface area (Å²) in [5.41, 5.74) is 5.45. The van der Waals surface area contributed by atoms with Crippen LogP contribution in [0.4, 0.5) is 4.39 Å². The molecule has 0 atom stereocenters. The van der Waals surface area contributed by atoms with Crippen LogP contribution in [0.2, 0.25) is 5.02 Å². The van der Waals surface area contributed by atoms with Gasteiger partial charge in [0.2, 0.25) is 0 Å². The minimum absolute atomic E-state index is 0.196. The van der Waals surface area contributed by atoms with Crippen LogP contribution in [0.5, 0.6) is 0 Å². The summed E-state index contributed by atoms with van der Waals surface area (Å²) in [4.78, 5) is 5.68. The van der Waals surface area contributed by atoms with Crippen LogP contribution in [0.15, 0.2) is 59.4 Å². The Hall–Kier alpha value is -2.56. The summed E-state index contributed by atoms with van der Waals surface area (Å²) < 4.78 is 19.3. The second kappa shape index (κ2) is 7.12. The lowest BCUT2D eigenvalue weighted by molar-refractivity contribution is 0.306. The van der Waals surface area contributed by atoms with Crippen molar-refractivity contribution in [1.29, 1.82) is 0 Å². The third kappa shape index (κ3) is 3.23. The van der Waals surface area contributed by atoms with Gasteiger partial charge in [-0.3, -0.25) is 4.90 Å². The Morgan fingerprint density at radius 1 is 1.14 bits per heavy atom. The van der Waals surface area contributed by atoms with Gasteiger partial charge in [0.15, 0.2) is 0 Å². The molecule has 0 radical (unpaired) electrons. The van der Waals surface area contributed by atoms with Gasteiger partial charge in [-0.15, -0.1) is 0 Å². The Balaban J connectivity index is 1.29. The van der Waals surface area contributed by atoms with Gasteiger partial charge in [-0.1, -0.05) is 17.7 Å². The van der Waals surface area contributed by atoms with Crippen LogP contribution < -0.4 is 0 Å². The Bertz CT molecular complexity index is 1190. The van der Waals surface area contributed by atoms with E-state index in [1.165, 1.54) is 17.2 Å². The largest absolute Gasteiger partial charge is 0.464 e. The number of hydrogen-bond acceptors (Lipinski definition) is 2. The van der Waals surface area contributed by atoms with Gasteiger partial charge in [-0.25, -0.2) is 4.39 Å². The van der Waals surface area contributed by atoms with E-state index >= 15 is 0 Å². The Morgan fingerprint density at radius 2 is 2.07 bits per heavy atom. The van der Waals surface area contributed by atoms with Gasteiger partial charge in [-0.05, 0) is 60.4 Å². The maximum Gasteiger partial charge on any atom is 0.134 e. The lowest BCUT2D eigenvalue weighted by Gasteiger charge is -2.26. The summed E-state index contributed by atoms with van der Waals surface area (Å²) in [6.07, 6.45) is 7.98. The number of nitrogens with zero attached hydrogens (tertiary/aromatic N) is 1. The highest BCUT2D eigenvalue weighted by molar-refractivity contribution is 6.31. The summed E-state index contributed by atoms with van der Waals surface area (Å²) in [6, 6.07) is 10.6. The highest BCUT2D eigenvalue weighted by atomic mass is 35.5. The molecule has 0 unspecified atom stereocenters. The number of halogens is 2. The van der Waals surface area contributed by atoms with E-state index in [4.69, 9.17) is 16.0 Å². The third-order valence-electron chi connectivity index (χ3n) is 5.60. The van der Waals surface area contributed by atoms with E-state index in [0.29, 0.717) is 0 Å². The molecule has 3 nitrogen and oxygen atoms in total. The monoisotopic (exact) mass is 394 g/mol. The zero-order valence-corrected chi connectivity index (χ0v) is 16.1. The standard InChI is InChI=1S/C23H20ClFN2O/c24-17-1-4-23-19(11-17)16(14-28-23)7-10-27-8-5-15(6-9-27)21-13-26-22-3-2-18(25)12-20(21)22/h1-5,11-14,26H,6-10H2. The third-order valence-corrected chi connectivity index (χ3v) is 5.83. The lowest BCUT2D eigenvalue weighted by Crippen LogP contribution is -2.30. The number of rotatable bonds is 4. The molecule has 1 aliphatic rings. The summed E-state index contributed by atoms with van der Waals surface area (Å²) >= 11 is 6.13. The van der Waals surface area contributed by atoms with Crippen molar-refractivity contribution in [3.63, 3.8) is 0 Å². The fourth-order valence-corrected chi connectivity index (χ4v) is 4.22. The number of aromatic nitrogens is 1. The van der Waals surface area contributed by atoms with Gasteiger partial charge in [0, 0.05) is 52.7 Å². The molecule has 2 aromatic heterocycles. The van der Waals surface area contributed by atoms with Gasteiger partial charge < -0.3 is 9.40 Å². The lowest BCUT2D eigenvalue weighted by atomic mass is 9.98. The van der Waals surface area contributed by atoms with Crippen molar-refractivity contribution in [1.82, 2.24) is 9.88 Å². The van der Waals surface area contributed by atoms with Crippen LogP contribution in [0.1, 0.15) is 17.5 Å². The van der Waals surface area contributed by atoms with Crippen LogP contribution in [0.3, 0.4) is 0 Å². The summed E-state index contributed by atoms with van der Waals surface area (Å²) in [5.74, 6) is -0.196. The quantitative estimate of drug-likeness (QED) is 0.457. The molecular formula is C23H20ClFN2O. The van der Waals surface area contributed by atoms with Crippen molar-refractivity contribution < 1.29 is 8.81 Å². The van der Waals surface area contributed by atoms with E-state index in [0.717, 1.165) is 64.9 Å². The summed E-state index contributed by atoms with van der Waals surface area (Å²) in [6.45, 7) is 2.85. The maximum absolute atomic E-state index is 13.6. The van der Waals surface area contributed by atoms with Gasteiger partial charge in [0.05, 0.1) is 6.26 Å². The number of nitrogens with one attached hydrogen (secondary N) is 1. The van der Waals surface area contributed by atoms with Crippen molar-refractivity contribution in [3.05, 3.63) is 76.9 Å². The molecule has 0 spiro atoms. The fourth-order valence-electron chi connectivity index (χ4n) is 4.04. The molecule has 142 valence electrons. The van der Waals surface area contributed by atoms with E-state index in [1.54, 1.807) is 12.1 Å². The number of benzene rings is 2. The molecule has 5 heteroatoms. The van der Waals surface area contributed by atoms with Crippen molar-refractivity contribution in [2.45, 2.75) is 12.8 Å². The minimum atomic E-state index is -0.196. The van der Waals surface area contributed by atoms with Crippen molar-refractivity contribution in [3.8, 4) is 0 Å². The van der Waals surface area contributed by atoms with Gasteiger partial charge in [0.25, 0.3) is 0 Å². The normalized spacial score (nSPS) is 15.4. The summed E-state index contributed by atoms with van der Waals surface area (Å²) in [5, 5.41) is 2.79. The first-order valence-electron chi connectivity index (χ1n) is 9.51. The Morgan fingerprint density at radius 3 is 2.93 bits per heavy atom. The van der Waals surface area contributed by atoms with Gasteiger partial charge in [-0.2, -0.15) is 0 Å². The minimum Gasteiger partial charge on any atom is -0.464 e. The SMILES string of the molecule is Fc1ccc2[nH]cc(C3=CCN(CCc4coc5ccc(Cl)cc45)CC3)c2c1. The van der Waals surface area contributed by atoms with Crippen molar-refractivity contribution in [2.75, 3.05) is 19.6 Å². The van der Waals surface area contributed by atoms with E-state index in [9.17, 15) is 4.39 Å². The van der Waals surface area contributed by atoms with E-state index < -0.39 is 0 Å². The highest BCUT2D eigenvalue weighted by Crippen LogP contribution is 2.30. The molecule has 0 aliphatic carbocycles. The zero-order valence-electron chi connectivity index (χ0n) is 15.3. The van der Waals surface area contributed by atoms with Crippen LogP contribution in [0, 0.1) is 5.82 Å². The predicted molar refractivity (Wildman–Crippen MR) is 112 cm³/mol. The van der Waals surface area contributed by atoms with Crippen LogP contribution in [0.25, 0.3) is 27.4 Å². The van der Waals surface area contributed by atoms with Gasteiger partial charge >= 0.3 is 0 Å². The molecular weight excluding hydrogens is 375 g/mol. The number of hydrogen-bond donors (Lipinski definition) is 1. The second-order valence-corrected chi connectivity index (χ2v) is 7.76. The Labute approximate surface area is 167 Å². The molecule has 5 rings (SSSR count). The van der Waals surface area contributed by atoms with Crippen molar-refractivity contribution >= 4 is 39.0 Å². The average Bonchev–Trinajstić information content (AvgIpc) is 3.30. The molecule has 0 amide bonds. The predicted octanol–water partition coefficient (Wildman–Crippen LogP) is 6.04. The number of fused-ring (bicyclic) bond motifs is 2. The smallest absolute Gasteiger partial charge is 0.134 e. The molecule has 0 bridgehead atoms. The molecule has 4 aromatic rings. The first-order chi connectivity index (χ1) is 13.7. The first-order valence-corrected chi connectivity index (χ1v) is 9.89. The zero-order chi connectivity index (χ0) is 19.1. The molecule has 28 heavy (non-hydrogen) atoms. The second-order valence-electron chi connectivity index (χ2n) is 7.32. The number of H-pyrrole nitrogens is 1. The first kappa shape index (κ1) is 17.5. The molecule has 1 aliphatic heterocycles. The van der Waals surface area contributed by atoms with E-state index in [1.807, 2.05) is 30.7 Å². The van der Waals surface area contributed by atoms with Gasteiger partial charge in [0.1, 0.15) is 11.4 Å². The molecule has 2 aromatic carbocycles. The molecule has 0 saturated carbocycles.